The van der Waals surface area contributed by atoms with Gasteiger partial charge in [0.15, 0.2) is 11.5 Å². The second kappa shape index (κ2) is 6.59. The van der Waals surface area contributed by atoms with Crippen LogP contribution in [0.1, 0.15) is 22.6 Å². The number of hydrogen-bond acceptors (Lipinski definition) is 5. The number of hydrogen-bond donors (Lipinski definition) is 0. The van der Waals surface area contributed by atoms with E-state index >= 15 is 0 Å². The van der Waals surface area contributed by atoms with Crippen molar-refractivity contribution in [3.8, 4) is 23.3 Å². The number of benzene rings is 2. The molecule has 23 heavy (non-hydrogen) atoms. The van der Waals surface area contributed by atoms with Crippen LogP contribution in [-0.4, -0.2) is 21.0 Å². The van der Waals surface area contributed by atoms with Crippen LogP contribution in [0, 0.1) is 11.3 Å². The van der Waals surface area contributed by atoms with Crippen LogP contribution in [0.15, 0.2) is 36.4 Å². The van der Waals surface area contributed by atoms with Crippen molar-refractivity contribution in [1.82, 2.24) is 0 Å². The summed E-state index contributed by atoms with van der Waals surface area (Å²) >= 11 is 0. The summed E-state index contributed by atoms with van der Waals surface area (Å²) in [6.07, 6.45) is 0. The average Bonchev–Trinajstić information content (AvgIpc) is 3.04. The minimum atomic E-state index is -0.416. The second-order valence-electron chi connectivity index (χ2n) is 5.17. The smallest absolute Gasteiger partial charge is 0.231 e. The Morgan fingerprint density at radius 3 is 2.43 bits per heavy atom. The van der Waals surface area contributed by atoms with Crippen molar-refractivity contribution in [2.24, 2.45) is 0 Å². The molecular weight excluding hydrogens is 294 g/mol. The first-order valence-electron chi connectivity index (χ1n) is 7.21. The molecule has 0 saturated carbocycles. The first-order valence-corrected chi connectivity index (χ1v) is 7.21. The van der Waals surface area contributed by atoms with Crippen molar-refractivity contribution < 1.29 is 18.9 Å². The molecule has 1 aliphatic heterocycles. The van der Waals surface area contributed by atoms with Gasteiger partial charge in [-0.1, -0.05) is 12.1 Å². The third-order valence-corrected chi connectivity index (χ3v) is 3.82. The van der Waals surface area contributed by atoms with Crippen molar-refractivity contribution in [3.05, 3.63) is 53.1 Å². The summed E-state index contributed by atoms with van der Waals surface area (Å²) in [6, 6.07) is 13.6. The molecular formula is C18H17NO4. The van der Waals surface area contributed by atoms with Gasteiger partial charge in [-0.3, -0.25) is 0 Å². The van der Waals surface area contributed by atoms with E-state index in [0.717, 1.165) is 22.4 Å². The Labute approximate surface area is 135 Å². The summed E-state index contributed by atoms with van der Waals surface area (Å²) in [4.78, 5) is 0. The third kappa shape index (κ3) is 2.94. The van der Waals surface area contributed by atoms with Crippen LogP contribution in [0.25, 0.3) is 0 Å². The highest BCUT2D eigenvalue weighted by Crippen LogP contribution is 2.39. The molecule has 1 aliphatic rings. The fourth-order valence-corrected chi connectivity index (χ4v) is 2.67. The number of ether oxygens (including phenoxy) is 4. The van der Waals surface area contributed by atoms with Crippen LogP contribution in [0.2, 0.25) is 0 Å². The molecule has 0 bridgehead atoms. The lowest BCUT2D eigenvalue weighted by Gasteiger charge is -2.16. The molecule has 0 fully saturated rings. The molecule has 1 atom stereocenters. The molecule has 3 rings (SSSR count). The fourth-order valence-electron chi connectivity index (χ4n) is 2.67. The fraction of sp³-hybridized carbons (Fsp3) is 0.278. The molecule has 1 heterocycles. The van der Waals surface area contributed by atoms with E-state index in [1.165, 1.54) is 0 Å². The van der Waals surface area contributed by atoms with E-state index in [2.05, 4.69) is 6.07 Å². The second-order valence-corrected chi connectivity index (χ2v) is 5.17. The molecule has 118 valence electrons. The van der Waals surface area contributed by atoms with E-state index in [-0.39, 0.29) is 6.79 Å². The van der Waals surface area contributed by atoms with Gasteiger partial charge < -0.3 is 18.9 Å². The summed E-state index contributed by atoms with van der Waals surface area (Å²) in [5.74, 6) is 1.69. The van der Waals surface area contributed by atoms with E-state index in [1.807, 2.05) is 36.4 Å². The number of methoxy groups -OCH3 is 2. The Bertz CT molecular complexity index is 734. The largest absolute Gasteiger partial charge is 0.497 e. The molecule has 2 aromatic rings. The zero-order valence-corrected chi connectivity index (χ0v) is 13.0. The Morgan fingerprint density at radius 2 is 1.83 bits per heavy atom. The molecule has 5 nitrogen and oxygen atoms in total. The molecule has 0 aromatic heterocycles. The lowest BCUT2D eigenvalue weighted by atomic mass is 9.89. The van der Waals surface area contributed by atoms with E-state index in [4.69, 9.17) is 18.9 Å². The maximum absolute atomic E-state index is 9.71. The predicted molar refractivity (Wildman–Crippen MR) is 83.7 cm³/mol. The quantitative estimate of drug-likeness (QED) is 0.848. The maximum Gasteiger partial charge on any atom is 0.231 e. The minimum absolute atomic E-state index is 0.199. The standard InChI is InChI=1S/C18H17NO4/c1-20-10-13-7-17-18(23-11-22-17)8-15(13)16(9-19)12-3-5-14(21-2)6-4-12/h3-8,16H,10-11H2,1-2H3. The van der Waals surface area contributed by atoms with Crippen LogP contribution in [0.3, 0.4) is 0 Å². The van der Waals surface area contributed by atoms with Gasteiger partial charge in [0, 0.05) is 7.11 Å². The summed E-state index contributed by atoms with van der Waals surface area (Å²) in [7, 11) is 3.24. The van der Waals surface area contributed by atoms with Crippen molar-refractivity contribution in [3.63, 3.8) is 0 Å². The molecule has 0 N–H and O–H groups in total. The van der Waals surface area contributed by atoms with Gasteiger partial charge in [-0.05, 0) is 41.0 Å². The normalized spacial score (nSPS) is 13.4. The predicted octanol–water partition coefficient (Wildman–Crippen LogP) is 3.23. The van der Waals surface area contributed by atoms with Gasteiger partial charge in [-0.2, -0.15) is 5.26 Å². The Balaban J connectivity index is 2.04. The Kier molecular flexibility index (Phi) is 4.35. The van der Waals surface area contributed by atoms with Crippen LogP contribution in [0.4, 0.5) is 0 Å². The summed E-state index contributed by atoms with van der Waals surface area (Å²) in [5, 5.41) is 9.71. The number of nitrogens with zero attached hydrogens (tertiary/aromatic N) is 1. The van der Waals surface area contributed by atoms with Crippen molar-refractivity contribution in [1.29, 1.82) is 5.26 Å². The highest BCUT2D eigenvalue weighted by Gasteiger charge is 2.23. The molecule has 0 radical (unpaired) electrons. The molecule has 0 amide bonds. The van der Waals surface area contributed by atoms with Crippen molar-refractivity contribution in [2.75, 3.05) is 21.0 Å². The van der Waals surface area contributed by atoms with Gasteiger partial charge in [-0.25, -0.2) is 0 Å². The first kappa shape index (κ1) is 15.2. The summed E-state index contributed by atoms with van der Waals surface area (Å²) in [5.41, 5.74) is 2.67. The van der Waals surface area contributed by atoms with Crippen LogP contribution in [-0.2, 0) is 11.3 Å². The van der Waals surface area contributed by atoms with Crippen LogP contribution >= 0.6 is 0 Å². The number of nitriles is 1. The van der Waals surface area contributed by atoms with Gasteiger partial charge in [0.25, 0.3) is 0 Å². The van der Waals surface area contributed by atoms with Crippen molar-refractivity contribution in [2.45, 2.75) is 12.5 Å². The zero-order chi connectivity index (χ0) is 16.2. The zero-order valence-electron chi connectivity index (χ0n) is 13.0. The highest BCUT2D eigenvalue weighted by atomic mass is 16.7. The minimum Gasteiger partial charge on any atom is -0.497 e. The van der Waals surface area contributed by atoms with E-state index in [0.29, 0.717) is 18.1 Å². The van der Waals surface area contributed by atoms with Gasteiger partial charge >= 0.3 is 0 Å². The van der Waals surface area contributed by atoms with Crippen LogP contribution < -0.4 is 14.2 Å². The summed E-state index contributed by atoms with van der Waals surface area (Å²) < 4.78 is 21.3. The Hall–Kier alpha value is -2.71. The number of fused-ring (bicyclic) bond motifs is 1. The SMILES string of the molecule is COCc1cc2c(cc1C(C#N)c1ccc(OC)cc1)OCO2. The number of rotatable bonds is 5. The first-order chi connectivity index (χ1) is 11.3. The van der Waals surface area contributed by atoms with E-state index in [1.54, 1.807) is 14.2 Å². The molecule has 0 spiro atoms. The van der Waals surface area contributed by atoms with E-state index in [9.17, 15) is 5.26 Å². The van der Waals surface area contributed by atoms with E-state index < -0.39 is 5.92 Å². The molecule has 1 unspecified atom stereocenters. The Morgan fingerprint density at radius 1 is 1.13 bits per heavy atom. The summed E-state index contributed by atoms with van der Waals surface area (Å²) in [6.45, 7) is 0.602. The van der Waals surface area contributed by atoms with Crippen LogP contribution in [0.5, 0.6) is 17.2 Å². The average molecular weight is 311 g/mol. The van der Waals surface area contributed by atoms with Gasteiger partial charge in [0.05, 0.1) is 25.7 Å². The highest BCUT2D eigenvalue weighted by molar-refractivity contribution is 5.53. The van der Waals surface area contributed by atoms with Crippen molar-refractivity contribution >= 4 is 0 Å². The van der Waals surface area contributed by atoms with Gasteiger partial charge in [0.1, 0.15) is 5.75 Å². The monoisotopic (exact) mass is 311 g/mol. The maximum atomic E-state index is 9.71. The molecule has 0 aliphatic carbocycles. The molecule has 2 aromatic carbocycles. The lowest BCUT2D eigenvalue weighted by Crippen LogP contribution is -2.04. The third-order valence-electron chi connectivity index (χ3n) is 3.82. The van der Waals surface area contributed by atoms with Gasteiger partial charge in [0.2, 0.25) is 6.79 Å². The topological polar surface area (TPSA) is 60.7 Å². The molecule has 5 heteroatoms. The molecule has 0 saturated heterocycles. The van der Waals surface area contributed by atoms with Gasteiger partial charge in [-0.15, -0.1) is 0 Å². The lowest BCUT2D eigenvalue weighted by molar-refractivity contribution is 0.173.